The summed E-state index contributed by atoms with van der Waals surface area (Å²) in [6.07, 6.45) is 24.9. The average Bonchev–Trinajstić information content (AvgIpc) is 3.27. The summed E-state index contributed by atoms with van der Waals surface area (Å²) >= 11 is 6.24. The van der Waals surface area contributed by atoms with Crippen LogP contribution < -0.4 is 18.9 Å². The zero-order valence-electron chi connectivity index (χ0n) is 36.6. The maximum Gasteiger partial charge on any atom is 0.343 e. The number of nitro groups is 1. The Morgan fingerprint density at radius 2 is 0.919 bits per heavy atom. The molecule has 0 bridgehead atoms. The highest BCUT2D eigenvalue weighted by molar-refractivity contribution is 6.33. The van der Waals surface area contributed by atoms with E-state index in [-0.39, 0.29) is 39.1 Å². The highest BCUT2D eigenvalue weighted by Gasteiger charge is 2.17. The van der Waals surface area contributed by atoms with Crippen LogP contribution in [0.15, 0.2) is 95.2 Å². The third-order valence-electron chi connectivity index (χ3n) is 10.5. The molecule has 0 fully saturated rings. The van der Waals surface area contributed by atoms with Crippen LogP contribution in [0.25, 0.3) is 0 Å². The van der Waals surface area contributed by atoms with Gasteiger partial charge in [0.1, 0.15) is 28.6 Å². The van der Waals surface area contributed by atoms with Crippen LogP contribution in [-0.4, -0.2) is 30.1 Å². The summed E-state index contributed by atoms with van der Waals surface area (Å²) in [5.41, 5.74) is 0.649. The summed E-state index contributed by atoms with van der Waals surface area (Å²) < 4.78 is 23.3. The molecule has 11 nitrogen and oxygen atoms in total. The SMILES string of the molecule is CCCCCCCCCCCCOc1ccc(C(=O)Oc2ccc(N=Nc3ccc([N+](=O)[O-])cc3Cl)c(OC(=O)c3ccc(OCCCCCCCCCCCC)cc3)c2)cc1. The van der Waals surface area contributed by atoms with Gasteiger partial charge in [-0.2, -0.15) is 0 Å². The molecular formula is C50H64ClN3O8. The lowest BCUT2D eigenvalue weighted by atomic mass is 10.1. The van der Waals surface area contributed by atoms with Crippen LogP contribution >= 0.6 is 11.6 Å². The number of esters is 2. The number of nitro benzene ring substituents is 1. The number of carbonyl (C=O) groups excluding carboxylic acids is 2. The molecule has 0 radical (unpaired) electrons. The van der Waals surface area contributed by atoms with Gasteiger partial charge in [0.05, 0.1) is 34.3 Å². The molecule has 4 rings (SSSR count). The molecule has 4 aromatic carbocycles. The molecule has 0 aromatic heterocycles. The van der Waals surface area contributed by atoms with Crippen molar-refractivity contribution in [2.75, 3.05) is 13.2 Å². The zero-order valence-corrected chi connectivity index (χ0v) is 37.4. The number of halogens is 1. The monoisotopic (exact) mass is 869 g/mol. The van der Waals surface area contributed by atoms with Crippen LogP contribution in [0.5, 0.6) is 23.0 Å². The van der Waals surface area contributed by atoms with Crippen LogP contribution in [0.1, 0.15) is 163 Å². The van der Waals surface area contributed by atoms with E-state index in [2.05, 4.69) is 24.1 Å². The lowest BCUT2D eigenvalue weighted by molar-refractivity contribution is -0.384. The minimum Gasteiger partial charge on any atom is -0.494 e. The van der Waals surface area contributed by atoms with Crippen molar-refractivity contribution in [3.05, 3.63) is 111 Å². The zero-order chi connectivity index (χ0) is 44.2. The molecule has 0 amide bonds. The Balaban J connectivity index is 1.32. The predicted octanol–water partition coefficient (Wildman–Crippen LogP) is 15.7. The highest BCUT2D eigenvalue weighted by Crippen LogP contribution is 2.36. The second-order valence-corrected chi connectivity index (χ2v) is 16.0. The lowest BCUT2D eigenvalue weighted by Crippen LogP contribution is -2.10. The fourth-order valence-electron chi connectivity index (χ4n) is 6.78. The van der Waals surface area contributed by atoms with Gasteiger partial charge in [-0.1, -0.05) is 141 Å². The van der Waals surface area contributed by atoms with E-state index >= 15 is 0 Å². The van der Waals surface area contributed by atoms with Gasteiger partial charge in [-0.25, -0.2) is 9.59 Å². The molecular weight excluding hydrogens is 806 g/mol. The minimum atomic E-state index is -0.687. The topological polar surface area (TPSA) is 139 Å². The van der Waals surface area contributed by atoms with Crippen LogP contribution in [0, 0.1) is 10.1 Å². The summed E-state index contributed by atoms with van der Waals surface area (Å²) in [4.78, 5) is 37.2. The normalized spacial score (nSPS) is 11.1. The Hall–Kier alpha value is -5.29. The quantitative estimate of drug-likeness (QED) is 0.0122. The minimum absolute atomic E-state index is 0.0118. The van der Waals surface area contributed by atoms with Crippen LogP contribution in [0.4, 0.5) is 17.1 Å². The van der Waals surface area contributed by atoms with Gasteiger partial charge in [0.2, 0.25) is 0 Å². The van der Waals surface area contributed by atoms with Crippen molar-refractivity contribution in [2.45, 2.75) is 142 Å². The van der Waals surface area contributed by atoms with Crippen molar-refractivity contribution in [2.24, 2.45) is 10.2 Å². The Morgan fingerprint density at radius 1 is 0.516 bits per heavy atom. The molecule has 4 aromatic rings. The van der Waals surface area contributed by atoms with E-state index in [9.17, 15) is 19.7 Å². The molecule has 334 valence electrons. The van der Waals surface area contributed by atoms with E-state index < -0.39 is 16.9 Å². The average molecular weight is 871 g/mol. The van der Waals surface area contributed by atoms with Crippen molar-refractivity contribution in [1.29, 1.82) is 0 Å². The fraction of sp³-hybridized carbons (Fsp3) is 0.480. The summed E-state index contributed by atoms with van der Waals surface area (Å²) in [7, 11) is 0. The van der Waals surface area contributed by atoms with Gasteiger partial charge in [-0.3, -0.25) is 10.1 Å². The largest absolute Gasteiger partial charge is 0.494 e. The van der Waals surface area contributed by atoms with E-state index in [1.807, 2.05) is 0 Å². The number of carbonyl (C=O) groups is 2. The third-order valence-corrected chi connectivity index (χ3v) is 10.8. The van der Waals surface area contributed by atoms with Crippen LogP contribution in [-0.2, 0) is 0 Å². The number of nitrogens with zero attached hydrogens (tertiary/aromatic N) is 3. The Morgan fingerprint density at radius 3 is 1.37 bits per heavy atom. The van der Waals surface area contributed by atoms with Gasteiger partial charge in [-0.15, -0.1) is 10.2 Å². The second kappa shape index (κ2) is 29.1. The molecule has 0 aliphatic rings. The molecule has 0 heterocycles. The molecule has 0 spiro atoms. The molecule has 12 heteroatoms. The van der Waals surface area contributed by atoms with Crippen molar-refractivity contribution < 1.29 is 33.5 Å². The number of unbranched alkanes of at least 4 members (excludes halogenated alkanes) is 18. The molecule has 0 aliphatic heterocycles. The summed E-state index contributed by atoms with van der Waals surface area (Å²) in [5, 5.41) is 19.5. The first kappa shape index (κ1) is 49.4. The Labute approximate surface area is 372 Å². The van der Waals surface area contributed by atoms with E-state index in [4.69, 9.17) is 30.5 Å². The smallest absolute Gasteiger partial charge is 0.343 e. The van der Waals surface area contributed by atoms with Crippen molar-refractivity contribution >= 4 is 40.6 Å². The number of rotatable bonds is 31. The summed E-state index contributed by atoms with van der Waals surface area (Å²) in [6.45, 7) is 5.68. The van der Waals surface area contributed by atoms with Gasteiger partial charge >= 0.3 is 11.9 Å². The first-order valence-electron chi connectivity index (χ1n) is 22.7. The molecule has 0 unspecified atom stereocenters. The van der Waals surface area contributed by atoms with Crippen LogP contribution in [0.2, 0.25) is 5.02 Å². The molecule has 0 N–H and O–H groups in total. The fourth-order valence-corrected chi connectivity index (χ4v) is 6.99. The van der Waals surface area contributed by atoms with Gasteiger partial charge in [0.25, 0.3) is 5.69 Å². The van der Waals surface area contributed by atoms with E-state index in [1.54, 1.807) is 48.5 Å². The molecule has 0 saturated heterocycles. The standard InChI is InChI=1S/C50H64ClN3O8/c1-3-5-7-9-11-13-15-17-19-21-35-59-42-28-23-39(24-29-42)49(55)61-44-32-34-47(53-52-46-33-27-41(54(57)58)37-45(46)51)48(38-44)62-50(56)40-25-30-43(31-26-40)60-36-22-20-18-16-14-12-10-8-6-4-2/h23-34,37-38H,3-22,35-36H2,1-2H3. The van der Waals surface area contributed by atoms with Gasteiger partial charge < -0.3 is 18.9 Å². The molecule has 0 atom stereocenters. The summed E-state index contributed by atoms with van der Waals surface area (Å²) in [5.74, 6) is 0.0656. The molecule has 0 saturated carbocycles. The maximum atomic E-state index is 13.4. The van der Waals surface area contributed by atoms with Crippen molar-refractivity contribution in [3.8, 4) is 23.0 Å². The van der Waals surface area contributed by atoms with Gasteiger partial charge in [0, 0.05) is 18.2 Å². The van der Waals surface area contributed by atoms with E-state index in [0.717, 1.165) is 25.7 Å². The van der Waals surface area contributed by atoms with E-state index in [0.29, 0.717) is 30.3 Å². The van der Waals surface area contributed by atoms with Crippen LogP contribution in [0.3, 0.4) is 0 Å². The van der Waals surface area contributed by atoms with E-state index in [1.165, 1.54) is 139 Å². The van der Waals surface area contributed by atoms with Gasteiger partial charge in [-0.05, 0) is 79.6 Å². The first-order valence-corrected chi connectivity index (χ1v) is 23.0. The number of azo groups is 1. The number of benzene rings is 4. The summed E-state index contributed by atoms with van der Waals surface area (Å²) in [6, 6.07) is 21.5. The number of hydrogen-bond donors (Lipinski definition) is 0. The van der Waals surface area contributed by atoms with Gasteiger partial charge in [0.15, 0.2) is 5.75 Å². The second-order valence-electron chi connectivity index (χ2n) is 15.6. The predicted molar refractivity (Wildman–Crippen MR) is 246 cm³/mol. The first-order chi connectivity index (χ1) is 30.3. The van der Waals surface area contributed by atoms with Crippen molar-refractivity contribution in [3.63, 3.8) is 0 Å². The number of non-ortho nitro benzene ring substituents is 1. The highest BCUT2D eigenvalue weighted by atomic mass is 35.5. The molecule has 62 heavy (non-hydrogen) atoms. The molecule has 0 aliphatic carbocycles. The van der Waals surface area contributed by atoms with Crippen molar-refractivity contribution in [1.82, 2.24) is 0 Å². The number of ether oxygens (including phenoxy) is 4. The lowest BCUT2D eigenvalue weighted by Gasteiger charge is -2.11. The third kappa shape index (κ3) is 18.8. The maximum absolute atomic E-state index is 13.4. The Bertz CT molecular complexity index is 1970. The Kier molecular flexibility index (Phi) is 23.2. The number of hydrogen-bond acceptors (Lipinski definition) is 10.